The third kappa shape index (κ3) is 3.01. The Morgan fingerprint density at radius 3 is 2.82 bits per heavy atom. The highest BCUT2D eigenvalue weighted by Gasteiger charge is 2.35. The van der Waals surface area contributed by atoms with Crippen molar-refractivity contribution in [1.29, 1.82) is 0 Å². The molecule has 1 aliphatic heterocycles. The normalized spacial score (nSPS) is 19.5. The van der Waals surface area contributed by atoms with E-state index in [1.807, 2.05) is 42.5 Å². The molecule has 1 aliphatic rings. The van der Waals surface area contributed by atoms with Crippen molar-refractivity contribution in [3.63, 3.8) is 0 Å². The van der Waals surface area contributed by atoms with Crippen molar-refractivity contribution in [1.82, 2.24) is 19.9 Å². The molecule has 6 heteroatoms. The number of likely N-dealkylation sites (tertiary alicyclic amines) is 1. The second-order valence-electron chi connectivity index (χ2n) is 7.35. The number of carbonyl (C=O) groups excluding carboxylic acids is 1. The van der Waals surface area contributed by atoms with Crippen molar-refractivity contribution >= 4 is 27.8 Å². The van der Waals surface area contributed by atoms with Crippen LogP contribution in [0.3, 0.4) is 0 Å². The van der Waals surface area contributed by atoms with E-state index in [9.17, 15) is 9.90 Å². The Hall–Kier alpha value is -3.25. The number of benzene rings is 1. The molecule has 2 atom stereocenters. The van der Waals surface area contributed by atoms with Gasteiger partial charge in [-0.1, -0.05) is 24.3 Å². The molecular formula is C22H20N4O2. The predicted molar refractivity (Wildman–Crippen MR) is 107 cm³/mol. The quantitative estimate of drug-likeness (QED) is 0.579. The number of fused-ring (bicyclic) bond motifs is 2. The van der Waals surface area contributed by atoms with E-state index in [0.29, 0.717) is 30.9 Å². The Balaban J connectivity index is 1.33. The van der Waals surface area contributed by atoms with Crippen LogP contribution in [0.15, 0.2) is 60.8 Å². The van der Waals surface area contributed by atoms with E-state index in [4.69, 9.17) is 4.98 Å². The molecule has 28 heavy (non-hydrogen) atoms. The number of aromatic nitrogens is 3. The number of rotatable bonds is 3. The smallest absolute Gasteiger partial charge is 0.272 e. The van der Waals surface area contributed by atoms with Gasteiger partial charge in [-0.25, -0.2) is 4.98 Å². The van der Waals surface area contributed by atoms with Crippen LogP contribution in [0, 0.1) is 5.92 Å². The molecule has 2 N–H and O–H groups in total. The molecule has 0 radical (unpaired) electrons. The van der Waals surface area contributed by atoms with Crippen molar-refractivity contribution in [3.05, 3.63) is 72.2 Å². The molecule has 5 rings (SSSR count). The number of nitrogens with one attached hydrogen (secondary N) is 1. The van der Waals surface area contributed by atoms with Gasteiger partial charge >= 0.3 is 0 Å². The third-order valence-corrected chi connectivity index (χ3v) is 5.45. The first-order chi connectivity index (χ1) is 13.7. The number of hydrogen-bond donors (Lipinski definition) is 2. The van der Waals surface area contributed by atoms with Crippen LogP contribution in [0.2, 0.25) is 0 Å². The largest absolute Gasteiger partial charge is 0.391 e. The van der Waals surface area contributed by atoms with Crippen LogP contribution >= 0.6 is 0 Å². The second-order valence-corrected chi connectivity index (χ2v) is 7.35. The lowest BCUT2D eigenvalue weighted by molar-refractivity contribution is 0.0759. The van der Waals surface area contributed by atoms with Gasteiger partial charge in [0.15, 0.2) is 0 Å². The molecule has 4 heterocycles. The summed E-state index contributed by atoms with van der Waals surface area (Å²) in [4.78, 5) is 26.7. The maximum absolute atomic E-state index is 12.9. The van der Waals surface area contributed by atoms with Crippen LogP contribution in [-0.2, 0) is 6.42 Å². The van der Waals surface area contributed by atoms with E-state index in [1.54, 1.807) is 17.2 Å². The molecule has 3 aromatic heterocycles. The monoisotopic (exact) mass is 372 g/mol. The number of hydrogen-bond acceptors (Lipinski definition) is 4. The number of pyridine rings is 2. The number of para-hydroxylation sites is 1. The fourth-order valence-corrected chi connectivity index (χ4v) is 3.92. The van der Waals surface area contributed by atoms with Crippen molar-refractivity contribution < 1.29 is 9.90 Å². The zero-order chi connectivity index (χ0) is 19.1. The number of amides is 1. The summed E-state index contributed by atoms with van der Waals surface area (Å²) in [7, 11) is 0. The predicted octanol–water partition coefficient (Wildman–Crippen LogP) is 2.79. The third-order valence-electron chi connectivity index (χ3n) is 5.45. The Labute approximate surface area is 161 Å². The number of β-amino-alcohol motifs (C(OH)–C–C–N with tert-alkyl or cyclic N) is 1. The van der Waals surface area contributed by atoms with E-state index in [2.05, 4.69) is 16.0 Å². The zero-order valence-electron chi connectivity index (χ0n) is 15.2. The first-order valence-corrected chi connectivity index (χ1v) is 9.43. The van der Waals surface area contributed by atoms with E-state index < -0.39 is 6.10 Å². The van der Waals surface area contributed by atoms with E-state index in [1.165, 1.54) is 0 Å². The van der Waals surface area contributed by atoms with Gasteiger partial charge in [0.25, 0.3) is 5.91 Å². The minimum atomic E-state index is -0.563. The van der Waals surface area contributed by atoms with Crippen molar-refractivity contribution in [2.75, 3.05) is 13.1 Å². The fourth-order valence-electron chi connectivity index (χ4n) is 3.92. The minimum Gasteiger partial charge on any atom is -0.391 e. The lowest BCUT2D eigenvalue weighted by Gasteiger charge is -2.15. The molecule has 1 fully saturated rings. The molecular weight excluding hydrogens is 352 g/mol. The summed E-state index contributed by atoms with van der Waals surface area (Å²) in [6.07, 6.45) is 1.88. The molecule has 140 valence electrons. The van der Waals surface area contributed by atoms with Crippen LogP contribution in [0.1, 0.15) is 16.2 Å². The van der Waals surface area contributed by atoms with E-state index >= 15 is 0 Å². The molecule has 0 saturated carbocycles. The Bertz CT molecular complexity index is 1170. The van der Waals surface area contributed by atoms with Gasteiger partial charge < -0.3 is 15.0 Å². The fraction of sp³-hybridized carbons (Fsp3) is 0.227. The van der Waals surface area contributed by atoms with Gasteiger partial charge in [0.05, 0.1) is 11.6 Å². The lowest BCUT2D eigenvalue weighted by Crippen LogP contribution is -2.30. The summed E-state index contributed by atoms with van der Waals surface area (Å²) in [6.45, 7) is 0.820. The average Bonchev–Trinajstić information content (AvgIpc) is 3.33. The van der Waals surface area contributed by atoms with Gasteiger partial charge in [-0.3, -0.25) is 9.78 Å². The minimum absolute atomic E-state index is 0.0353. The Kier molecular flexibility index (Phi) is 4.06. The molecule has 4 aromatic rings. The number of aliphatic hydroxyl groups is 1. The van der Waals surface area contributed by atoms with E-state index in [-0.39, 0.29) is 11.8 Å². The standard InChI is InChI=1S/C22H20N4O2/c27-20-13-26(22(28)19-8-6-15-9-10-23-21(15)25-19)12-16(20)11-17-7-5-14-3-1-2-4-18(14)24-17/h1-10,16,20,27H,11-13H2,(H,23,25)/t16-,20-/m1/s1. The number of nitrogens with zero attached hydrogens (tertiary/aromatic N) is 3. The van der Waals surface area contributed by atoms with Crippen molar-refractivity contribution in [2.24, 2.45) is 5.92 Å². The highest BCUT2D eigenvalue weighted by Crippen LogP contribution is 2.24. The van der Waals surface area contributed by atoms with Crippen LogP contribution in [0.25, 0.3) is 21.9 Å². The molecule has 0 unspecified atom stereocenters. The van der Waals surface area contributed by atoms with Crippen molar-refractivity contribution in [2.45, 2.75) is 12.5 Å². The van der Waals surface area contributed by atoms with Crippen molar-refractivity contribution in [3.8, 4) is 0 Å². The Morgan fingerprint density at radius 2 is 1.89 bits per heavy atom. The van der Waals surface area contributed by atoms with Gasteiger partial charge in [-0.2, -0.15) is 0 Å². The van der Waals surface area contributed by atoms with Gasteiger partial charge in [-0.05, 0) is 36.8 Å². The molecule has 0 spiro atoms. The summed E-state index contributed by atoms with van der Waals surface area (Å²) >= 11 is 0. The van der Waals surface area contributed by atoms with Gasteiger partial charge in [-0.15, -0.1) is 0 Å². The topological polar surface area (TPSA) is 82.1 Å². The van der Waals surface area contributed by atoms with Crippen LogP contribution in [0.5, 0.6) is 0 Å². The summed E-state index contributed by atoms with van der Waals surface area (Å²) in [5.41, 5.74) is 2.97. The molecule has 1 saturated heterocycles. The number of carbonyl (C=O) groups is 1. The summed E-state index contributed by atoms with van der Waals surface area (Å²) in [5.74, 6) is -0.184. The molecule has 0 bridgehead atoms. The maximum Gasteiger partial charge on any atom is 0.272 e. The summed E-state index contributed by atoms with van der Waals surface area (Å²) < 4.78 is 0. The maximum atomic E-state index is 12.9. The summed E-state index contributed by atoms with van der Waals surface area (Å²) in [6, 6.07) is 17.6. The highest BCUT2D eigenvalue weighted by atomic mass is 16.3. The first kappa shape index (κ1) is 16.9. The molecule has 0 aliphatic carbocycles. The SMILES string of the molecule is O=C(c1ccc2cc[nH]c2n1)N1C[C@@H](Cc2ccc3ccccc3n2)[C@H](O)C1. The van der Waals surface area contributed by atoms with Crippen LogP contribution in [0.4, 0.5) is 0 Å². The number of H-pyrrole nitrogens is 1. The zero-order valence-corrected chi connectivity index (χ0v) is 15.2. The van der Waals surface area contributed by atoms with Gasteiger partial charge in [0.2, 0.25) is 0 Å². The molecule has 1 aromatic carbocycles. The average molecular weight is 372 g/mol. The highest BCUT2D eigenvalue weighted by molar-refractivity contribution is 5.94. The van der Waals surface area contributed by atoms with Gasteiger partial charge in [0, 0.05) is 41.7 Å². The lowest BCUT2D eigenvalue weighted by atomic mass is 9.99. The molecule has 6 nitrogen and oxygen atoms in total. The van der Waals surface area contributed by atoms with Crippen LogP contribution in [-0.4, -0.2) is 50.1 Å². The van der Waals surface area contributed by atoms with E-state index in [0.717, 1.165) is 22.0 Å². The number of aromatic amines is 1. The van der Waals surface area contributed by atoms with Crippen LogP contribution < -0.4 is 0 Å². The second kappa shape index (κ2) is 6.73. The number of aliphatic hydroxyl groups excluding tert-OH is 1. The first-order valence-electron chi connectivity index (χ1n) is 9.43. The van der Waals surface area contributed by atoms with Gasteiger partial charge in [0.1, 0.15) is 11.3 Å². The Morgan fingerprint density at radius 1 is 1.04 bits per heavy atom. The summed E-state index contributed by atoms with van der Waals surface area (Å²) in [5, 5.41) is 12.6. The molecule has 1 amide bonds.